The monoisotopic (exact) mass is 523 g/mol. The number of carbonyl (C=O) groups excluding carboxylic acids is 1. The fraction of sp³-hybridized carbons (Fsp3) is 0.542. The molecule has 2 saturated carbocycles. The number of aromatic nitrogens is 2. The molecule has 12 heteroatoms. The normalized spacial score (nSPS) is 21.8. The van der Waals surface area contributed by atoms with E-state index < -0.39 is 34.3 Å². The highest BCUT2D eigenvalue weighted by Gasteiger charge is 2.61. The molecule has 3 aliphatic rings. The molecule has 0 radical (unpaired) electrons. The van der Waals surface area contributed by atoms with Crippen LogP contribution >= 0.6 is 10.6 Å². The standard InChI is InChI=1S/C24H31F2N5O4S/c1-15-14-35-11-10-31(15)21-12-19(24(8-9-24)36(33,34)18-6-7-18)29-22(30-21)16-2-4-17(5-3-16)28-23(32)27-13-20(25)26/h2-5,12,15,18,20,33-34H,6-11,13-14H2,1H3,(H2,27,28,32)/t15-/m0/s1. The predicted octanol–water partition coefficient (Wildman–Crippen LogP) is 4.66. The Hall–Kier alpha value is -2.54. The highest BCUT2D eigenvalue weighted by Crippen LogP contribution is 2.77. The lowest BCUT2D eigenvalue weighted by Crippen LogP contribution is -2.44. The van der Waals surface area contributed by atoms with Crippen LogP contribution in [0.5, 0.6) is 0 Å². The Kier molecular flexibility index (Phi) is 6.79. The number of ether oxygens (including phenoxy) is 1. The van der Waals surface area contributed by atoms with Gasteiger partial charge >= 0.3 is 6.03 Å². The van der Waals surface area contributed by atoms with E-state index in [1.165, 1.54) is 0 Å². The fourth-order valence-corrected chi connectivity index (χ4v) is 7.15. The highest BCUT2D eigenvalue weighted by molar-refractivity contribution is 8.26. The molecule has 0 spiro atoms. The molecule has 1 aliphatic heterocycles. The zero-order valence-corrected chi connectivity index (χ0v) is 20.8. The van der Waals surface area contributed by atoms with Crippen LogP contribution in [0.2, 0.25) is 0 Å². The summed E-state index contributed by atoms with van der Waals surface area (Å²) in [5.74, 6) is 1.17. The van der Waals surface area contributed by atoms with E-state index in [1.54, 1.807) is 24.3 Å². The number of hydrogen-bond acceptors (Lipinski definition) is 7. The van der Waals surface area contributed by atoms with Crippen LogP contribution in [0, 0.1) is 0 Å². The van der Waals surface area contributed by atoms with Gasteiger partial charge in [0.05, 0.1) is 31.5 Å². The molecule has 2 amide bonds. The second-order valence-corrected chi connectivity index (χ2v) is 12.3. The lowest BCUT2D eigenvalue weighted by Gasteiger charge is -2.41. The van der Waals surface area contributed by atoms with E-state index in [4.69, 9.17) is 14.7 Å². The van der Waals surface area contributed by atoms with Crippen LogP contribution in [-0.4, -0.2) is 69.1 Å². The van der Waals surface area contributed by atoms with Crippen molar-refractivity contribution in [3.8, 4) is 11.4 Å². The molecule has 1 aromatic carbocycles. The van der Waals surface area contributed by atoms with Gasteiger partial charge < -0.3 is 20.3 Å². The van der Waals surface area contributed by atoms with Crippen LogP contribution in [0.15, 0.2) is 30.3 Å². The van der Waals surface area contributed by atoms with Gasteiger partial charge in [0.15, 0.2) is 5.82 Å². The third-order valence-electron chi connectivity index (χ3n) is 6.93. The van der Waals surface area contributed by atoms with Crippen molar-refractivity contribution in [1.29, 1.82) is 0 Å². The Bertz CT molecular complexity index is 1110. The zero-order valence-electron chi connectivity index (χ0n) is 20.0. The van der Waals surface area contributed by atoms with Crippen molar-refractivity contribution in [2.75, 3.05) is 36.5 Å². The summed E-state index contributed by atoms with van der Waals surface area (Å²) in [6, 6.07) is 8.07. The summed E-state index contributed by atoms with van der Waals surface area (Å²) < 4.78 is 51.8. The number of morpholine rings is 1. The molecule has 2 aliphatic carbocycles. The van der Waals surface area contributed by atoms with Crippen LogP contribution < -0.4 is 15.5 Å². The third kappa shape index (κ3) is 4.99. The summed E-state index contributed by atoms with van der Waals surface area (Å²) in [5.41, 5.74) is 1.78. The van der Waals surface area contributed by atoms with Crippen molar-refractivity contribution in [2.24, 2.45) is 0 Å². The number of urea groups is 1. The van der Waals surface area contributed by atoms with Crippen LogP contribution in [0.1, 0.15) is 38.3 Å². The predicted molar refractivity (Wildman–Crippen MR) is 135 cm³/mol. The molecule has 3 fully saturated rings. The van der Waals surface area contributed by atoms with E-state index in [2.05, 4.69) is 22.5 Å². The number of amides is 2. The number of rotatable bonds is 8. The number of nitrogens with zero attached hydrogens (tertiary/aromatic N) is 3. The van der Waals surface area contributed by atoms with Crippen LogP contribution in [-0.2, 0) is 9.48 Å². The van der Waals surface area contributed by atoms with Crippen molar-refractivity contribution in [2.45, 2.75) is 55.1 Å². The number of hydrogen-bond donors (Lipinski definition) is 4. The molecule has 1 aromatic heterocycles. The van der Waals surface area contributed by atoms with E-state index >= 15 is 0 Å². The van der Waals surface area contributed by atoms with Crippen LogP contribution in [0.3, 0.4) is 0 Å². The molecule has 1 saturated heterocycles. The topological polar surface area (TPSA) is 120 Å². The Morgan fingerprint density at radius 3 is 2.58 bits per heavy atom. The Balaban J connectivity index is 1.45. The number of anilines is 2. The van der Waals surface area contributed by atoms with Crippen molar-refractivity contribution < 1.29 is 27.4 Å². The second-order valence-electron chi connectivity index (χ2n) is 9.64. The molecule has 5 rings (SSSR count). The van der Waals surface area contributed by atoms with Gasteiger partial charge in [0.2, 0.25) is 0 Å². The van der Waals surface area contributed by atoms with Gasteiger partial charge in [-0.3, -0.25) is 9.11 Å². The number of alkyl halides is 2. The summed E-state index contributed by atoms with van der Waals surface area (Å²) in [4.78, 5) is 23.6. The van der Waals surface area contributed by atoms with E-state index in [1.807, 2.05) is 6.07 Å². The minimum Gasteiger partial charge on any atom is -0.377 e. The smallest absolute Gasteiger partial charge is 0.319 e. The molecule has 196 valence electrons. The second kappa shape index (κ2) is 9.73. The molecule has 1 atom stereocenters. The maximum Gasteiger partial charge on any atom is 0.319 e. The first-order valence-electron chi connectivity index (χ1n) is 12.1. The van der Waals surface area contributed by atoms with Gasteiger partial charge in [0.25, 0.3) is 6.43 Å². The lowest BCUT2D eigenvalue weighted by molar-refractivity contribution is 0.0985. The van der Waals surface area contributed by atoms with Crippen molar-refractivity contribution in [3.05, 3.63) is 36.0 Å². The molecule has 36 heavy (non-hydrogen) atoms. The van der Waals surface area contributed by atoms with Gasteiger partial charge in [-0.25, -0.2) is 23.5 Å². The summed E-state index contributed by atoms with van der Waals surface area (Å²) >= 11 is 0. The summed E-state index contributed by atoms with van der Waals surface area (Å²) in [5, 5.41) is 4.56. The number of nitrogens with one attached hydrogen (secondary N) is 2. The van der Waals surface area contributed by atoms with Crippen molar-refractivity contribution >= 4 is 28.1 Å². The minimum absolute atomic E-state index is 0.0641. The Morgan fingerprint density at radius 1 is 1.25 bits per heavy atom. The van der Waals surface area contributed by atoms with Gasteiger partial charge in [-0.05, 0) is 56.9 Å². The van der Waals surface area contributed by atoms with E-state index in [-0.39, 0.29) is 11.3 Å². The molecule has 2 heterocycles. The first-order chi connectivity index (χ1) is 17.2. The van der Waals surface area contributed by atoms with Gasteiger partial charge in [-0.15, -0.1) is 0 Å². The maximum atomic E-state index is 12.3. The van der Waals surface area contributed by atoms with Gasteiger partial charge in [-0.2, -0.15) is 10.6 Å². The fourth-order valence-electron chi connectivity index (χ4n) is 4.60. The van der Waals surface area contributed by atoms with E-state index in [0.29, 0.717) is 55.4 Å². The van der Waals surface area contributed by atoms with Crippen molar-refractivity contribution in [1.82, 2.24) is 15.3 Å². The zero-order chi connectivity index (χ0) is 25.5. The molecule has 9 nitrogen and oxygen atoms in total. The van der Waals surface area contributed by atoms with Crippen LogP contribution in [0.25, 0.3) is 11.4 Å². The SMILES string of the molecule is C[C@H]1COCCN1c1cc(C2(S(O)(O)C3CC3)CC2)nc(-c2ccc(NC(=O)NCC(F)F)cc2)n1. The Morgan fingerprint density at radius 2 is 1.97 bits per heavy atom. The third-order valence-corrected chi connectivity index (χ3v) is 10.1. The van der Waals surface area contributed by atoms with Crippen molar-refractivity contribution in [3.63, 3.8) is 0 Å². The largest absolute Gasteiger partial charge is 0.377 e. The summed E-state index contributed by atoms with van der Waals surface area (Å²) in [6.07, 6.45) is 0.385. The van der Waals surface area contributed by atoms with Gasteiger partial charge in [0.1, 0.15) is 10.6 Å². The quantitative estimate of drug-likeness (QED) is 0.397. The molecule has 0 bridgehead atoms. The molecule has 4 N–H and O–H groups in total. The summed E-state index contributed by atoms with van der Waals surface area (Å²) in [6.45, 7) is 3.15. The molecule has 2 aromatic rings. The number of carbonyl (C=O) groups is 1. The highest BCUT2D eigenvalue weighted by atomic mass is 32.3. The maximum absolute atomic E-state index is 12.3. The number of halogens is 2. The first-order valence-corrected chi connectivity index (χ1v) is 13.7. The Labute approximate surface area is 210 Å². The van der Waals surface area contributed by atoms with Crippen LogP contribution in [0.4, 0.5) is 25.1 Å². The summed E-state index contributed by atoms with van der Waals surface area (Å²) in [7, 11) is -2.84. The van der Waals surface area contributed by atoms with Gasteiger partial charge in [-0.1, -0.05) is 0 Å². The molecule has 0 unspecified atom stereocenters. The lowest BCUT2D eigenvalue weighted by atomic mass is 10.1. The molecular weight excluding hydrogens is 492 g/mol. The average Bonchev–Trinajstić information content (AvgIpc) is 3.76. The van der Waals surface area contributed by atoms with E-state index in [9.17, 15) is 22.7 Å². The van der Waals surface area contributed by atoms with Gasteiger partial charge in [0, 0.05) is 29.1 Å². The number of benzene rings is 1. The van der Waals surface area contributed by atoms with E-state index in [0.717, 1.165) is 18.7 Å². The minimum atomic E-state index is -2.84. The average molecular weight is 524 g/mol. The molecular formula is C24H31F2N5O4S. The first kappa shape index (κ1) is 25.1.